The van der Waals surface area contributed by atoms with Gasteiger partial charge in [-0.3, -0.25) is 4.79 Å². The summed E-state index contributed by atoms with van der Waals surface area (Å²) in [7, 11) is 0. The summed E-state index contributed by atoms with van der Waals surface area (Å²) in [6.45, 7) is 6.91. The molecular formula is C21H34O3. The molecule has 3 nitrogen and oxygen atoms in total. The van der Waals surface area contributed by atoms with Crippen molar-refractivity contribution in [1.29, 1.82) is 0 Å². The van der Waals surface area contributed by atoms with Crippen LogP contribution < -0.4 is 0 Å². The number of Topliss-reactive ketones (excluding diaryl/α,β-unsaturated/α-hetero) is 1. The molecule has 0 aromatic heterocycles. The van der Waals surface area contributed by atoms with Crippen LogP contribution >= 0.6 is 0 Å². The maximum Gasteiger partial charge on any atom is 0.133 e. The number of carbonyl (C=O) groups is 1. The largest absolute Gasteiger partial charge is 0.396 e. The van der Waals surface area contributed by atoms with Gasteiger partial charge in [-0.2, -0.15) is 0 Å². The van der Waals surface area contributed by atoms with Crippen molar-refractivity contribution in [2.24, 2.45) is 40.4 Å². The third-order valence-corrected chi connectivity index (χ3v) is 9.42. The molecule has 0 heterocycles. The Labute approximate surface area is 146 Å². The summed E-state index contributed by atoms with van der Waals surface area (Å²) in [6.07, 6.45) is 7.65. The zero-order valence-corrected chi connectivity index (χ0v) is 15.6. The molecule has 4 saturated carbocycles. The molecule has 3 heteroatoms. The first-order valence-electron chi connectivity index (χ1n) is 10.1. The van der Waals surface area contributed by atoms with Crippen molar-refractivity contribution < 1.29 is 15.0 Å². The zero-order chi connectivity index (χ0) is 17.3. The van der Waals surface area contributed by atoms with Crippen LogP contribution in [0, 0.1) is 40.4 Å². The highest BCUT2D eigenvalue weighted by Crippen LogP contribution is 2.68. The van der Waals surface area contributed by atoms with E-state index in [1.807, 2.05) is 6.92 Å². The van der Waals surface area contributed by atoms with Crippen LogP contribution in [0.25, 0.3) is 0 Å². The molecule has 4 aliphatic carbocycles. The molecule has 0 spiro atoms. The molecule has 0 aromatic carbocycles. The second kappa shape index (κ2) is 5.30. The number of ketones is 1. The van der Waals surface area contributed by atoms with Crippen LogP contribution in [0.1, 0.15) is 72.1 Å². The summed E-state index contributed by atoms with van der Waals surface area (Å²) in [5, 5.41) is 21.5. The van der Waals surface area contributed by atoms with E-state index >= 15 is 0 Å². The average Bonchev–Trinajstić information content (AvgIpc) is 2.78. The van der Waals surface area contributed by atoms with Gasteiger partial charge in [-0.1, -0.05) is 13.8 Å². The Kier molecular flexibility index (Phi) is 3.76. The van der Waals surface area contributed by atoms with Crippen LogP contribution in [-0.4, -0.2) is 28.2 Å². The fourth-order valence-electron chi connectivity index (χ4n) is 7.82. The minimum absolute atomic E-state index is 0.0296. The number of carbonyl (C=O) groups excluding carboxylic acids is 1. The third kappa shape index (κ3) is 2.00. The molecule has 0 bridgehead atoms. The lowest BCUT2D eigenvalue weighted by Crippen LogP contribution is -2.59. The third-order valence-electron chi connectivity index (χ3n) is 9.42. The highest BCUT2D eigenvalue weighted by molar-refractivity contribution is 5.79. The monoisotopic (exact) mass is 334 g/mol. The Hall–Kier alpha value is -0.410. The van der Waals surface area contributed by atoms with Crippen LogP contribution in [0.15, 0.2) is 0 Å². The number of fused-ring (bicyclic) bond motifs is 5. The molecule has 4 fully saturated rings. The summed E-state index contributed by atoms with van der Waals surface area (Å²) in [5.74, 6) is 3.02. The quantitative estimate of drug-likeness (QED) is 0.771. The van der Waals surface area contributed by atoms with Gasteiger partial charge in [-0.25, -0.2) is 0 Å². The highest BCUT2D eigenvalue weighted by atomic mass is 16.3. The maximum absolute atomic E-state index is 12.1. The molecule has 8 atom stereocenters. The topological polar surface area (TPSA) is 57.5 Å². The van der Waals surface area contributed by atoms with Crippen molar-refractivity contribution in [2.75, 3.05) is 6.61 Å². The molecule has 0 unspecified atom stereocenters. The zero-order valence-electron chi connectivity index (χ0n) is 15.6. The Morgan fingerprint density at radius 2 is 1.79 bits per heavy atom. The molecule has 0 aromatic rings. The number of rotatable bonds is 1. The Morgan fingerprint density at radius 1 is 1.08 bits per heavy atom. The van der Waals surface area contributed by atoms with E-state index in [2.05, 4.69) is 13.8 Å². The first-order valence-corrected chi connectivity index (χ1v) is 10.1. The van der Waals surface area contributed by atoms with Crippen molar-refractivity contribution >= 4 is 5.78 Å². The molecule has 4 rings (SSSR count). The van der Waals surface area contributed by atoms with Gasteiger partial charge >= 0.3 is 0 Å². The lowest BCUT2D eigenvalue weighted by Gasteiger charge is -2.63. The van der Waals surface area contributed by atoms with Crippen molar-refractivity contribution in [1.82, 2.24) is 0 Å². The van der Waals surface area contributed by atoms with Crippen LogP contribution in [-0.2, 0) is 4.79 Å². The van der Waals surface area contributed by atoms with Gasteiger partial charge in [0, 0.05) is 24.9 Å². The van der Waals surface area contributed by atoms with Crippen LogP contribution in [0.5, 0.6) is 0 Å². The molecule has 2 N–H and O–H groups in total. The van der Waals surface area contributed by atoms with Gasteiger partial charge in [0.2, 0.25) is 0 Å². The van der Waals surface area contributed by atoms with E-state index in [1.54, 1.807) is 0 Å². The van der Waals surface area contributed by atoms with Crippen molar-refractivity contribution in [3.63, 3.8) is 0 Å². The number of aliphatic hydroxyl groups excluding tert-OH is 1. The van der Waals surface area contributed by atoms with Crippen molar-refractivity contribution in [2.45, 2.75) is 77.7 Å². The second-order valence-corrected chi connectivity index (χ2v) is 10.1. The first-order chi connectivity index (χ1) is 11.2. The lowest BCUT2D eigenvalue weighted by molar-refractivity contribution is -0.179. The SMILES string of the molecule is C[C@H]1C[C@@H]2[C@H](CC[C@@]3(C)[C@H]2CC[C@]3(C)O)[C@@]2(CO)CCC(=O)C[C@H]12. The summed E-state index contributed by atoms with van der Waals surface area (Å²) >= 11 is 0. The molecule has 0 radical (unpaired) electrons. The summed E-state index contributed by atoms with van der Waals surface area (Å²) in [4.78, 5) is 12.1. The minimum atomic E-state index is -0.544. The van der Waals surface area contributed by atoms with Crippen LogP contribution in [0.4, 0.5) is 0 Å². The molecule has 0 amide bonds. The van der Waals surface area contributed by atoms with Gasteiger partial charge in [0.1, 0.15) is 5.78 Å². The molecule has 136 valence electrons. The normalized spacial score (nSPS) is 57.2. The minimum Gasteiger partial charge on any atom is -0.396 e. The van der Waals surface area contributed by atoms with Gasteiger partial charge in [-0.15, -0.1) is 0 Å². The molecule has 24 heavy (non-hydrogen) atoms. The van der Waals surface area contributed by atoms with Gasteiger partial charge in [0.05, 0.1) is 5.60 Å². The van der Waals surface area contributed by atoms with E-state index in [-0.39, 0.29) is 17.4 Å². The summed E-state index contributed by atoms with van der Waals surface area (Å²) in [5.41, 5.74) is -0.550. The summed E-state index contributed by atoms with van der Waals surface area (Å²) < 4.78 is 0. The second-order valence-electron chi connectivity index (χ2n) is 10.1. The van der Waals surface area contributed by atoms with E-state index in [0.717, 1.165) is 32.1 Å². The fraction of sp³-hybridized carbons (Fsp3) is 0.952. The highest BCUT2D eigenvalue weighted by Gasteiger charge is 2.65. The predicted octanol–water partition coefficient (Wildman–Crippen LogP) is 3.57. The smallest absolute Gasteiger partial charge is 0.133 e. The van der Waals surface area contributed by atoms with Crippen molar-refractivity contribution in [3.8, 4) is 0 Å². The van der Waals surface area contributed by atoms with Crippen LogP contribution in [0.2, 0.25) is 0 Å². The lowest BCUT2D eigenvalue weighted by atomic mass is 9.42. The summed E-state index contributed by atoms with van der Waals surface area (Å²) in [6, 6.07) is 0. The van der Waals surface area contributed by atoms with Gasteiger partial charge < -0.3 is 10.2 Å². The van der Waals surface area contributed by atoms with Gasteiger partial charge in [-0.05, 0) is 80.5 Å². The Balaban J connectivity index is 1.71. The molecular weight excluding hydrogens is 300 g/mol. The molecule has 4 aliphatic rings. The van der Waals surface area contributed by atoms with Gasteiger partial charge in [0.25, 0.3) is 0 Å². The Morgan fingerprint density at radius 3 is 2.50 bits per heavy atom. The van der Waals surface area contributed by atoms with E-state index in [4.69, 9.17) is 0 Å². The number of hydrogen-bond acceptors (Lipinski definition) is 3. The number of hydrogen-bond donors (Lipinski definition) is 2. The molecule has 0 aliphatic heterocycles. The number of aliphatic hydroxyl groups is 2. The van der Waals surface area contributed by atoms with E-state index in [1.165, 1.54) is 6.42 Å². The standard InChI is InChI=1S/C21H34O3/c1-13-10-15-16-6-8-20(3,24)19(16,2)7-5-17(15)21(12-22)9-4-14(23)11-18(13)21/h13,15-18,22,24H,4-12H2,1-3H3/t13-,15-,16-,17-,18+,19-,20-,21-/m0/s1. The average molecular weight is 335 g/mol. The van der Waals surface area contributed by atoms with Gasteiger partial charge in [0.15, 0.2) is 0 Å². The fourth-order valence-corrected chi connectivity index (χ4v) is 7.82. The van der Waals surface area contributed by atoms with E-state index in [0.29, 0.717) is 48.2 Å². The maximum atomic E-state index is 12.1. The van der Waals surface area contributed by atoms with Crippen LogP contribution in [0.3, 0.4) is 0 Å². The first kappa shape index (κ1) is 17.0. The Bertz CT molecular complexity index is 541. The predicted molar refractivity (Wildman–Crippen MR) is 93.3 cm³/mol. The molecule has 0 saturated heterocycles. The van der Waals surface area contributed by atoms with E-state index < -0.39 is 5.60 Å². The van der Waals surface area contributed by atoms with E-state index in [9.17, 15) is 15.0 Å². The van der Waals surface area contributed by atoms with Crippen molar-refractivity contribution in [3.05, 3.63) is 0 Å².